The van der Waals surface area contributed by atoms with Gasteiger partial charge in [0, 0.05) is 38.4 Å². The molecule has 50 heavy (non-hydrogen) atoms. The maximum absolute atomic E-state index is 6.28. The Bertz CT molecular complexity index is 2790. The van der Waals surface area contributed by atoms with E-state index in [2.05, 4.69) is 103 Å². The molecule has 2 aliphatic rings. The zero-order valence-electron chi connectivity index (χ0n) is 27.2. The van der Waals surface area contributed by atoms with E-state index in [1.807, 2.05) is 42.5 Å². The lowest BCUT2D eigenvalue weighted by Crippen LogP contribution is -2.25. The molecular formula is C45H31N3O2. The Kier molecular flexibility index (Phi) is 6.69. The molecule has 0 aliphatic heterocycles. The van der Waals surface area contributed by atoms with Crippen LogP contribution in [-0.4, -0.2) is 15.0 Å². The van der Waals surface area contributed by atoms with Gasteiger partial charge in [0.2, 0.25) is 0 Å². The molecule has 0 saturated heterocycles. The summed E-state index contributed by atoms with van der Waals surface area (Å²) in [6.07, 6.45) is 11.9. The third-order valence-electron chi connectivity index (χ3n) is 9.94. The number of rotatable bonds is 5. The van der Waals surface area contributed by atoms with Crippen LogP contribution in [0.25, 0.3) is 79.0 Å². The third-order valence-corrected chi connectivity index (χ3v) is 9.94. The molecule has 0 spiro atoms. The summed E-state index contributed by atoms with van der Waals surface area (Å²) >= 11 is 0. The largest absolute Gasteiger partial charge is 0.456 e. The van der Waals surface area contributed by atoms with Crippen LogP contribution in [0, 0.1) is 0 Å². The van der Waals surface area contributed by atoms with Gasteiger partial charge in [-0.2, -0.15) is 0 Å². The van der Waals surface area contributed by atoms with Gasteiger partial charge in [-0.15, -0.1) is 0 Å². The zero-order valence-corrected chi connectivity index (χ0v) is 27.2. The maximum Gasteiger partial charge on any atom is 0.163 e. The molecular weight excluding hydrogens is 615 g/mol. The number of nitrogens with zero attached hydrogens (tertiary/aromatic N) is 3. The van der Waals surface area contributed by atoms with Crippen molar-refractivity contribution < 1.29 is 8.83 Å². The second kappa shape index (κ2) is 11.7. The summed E-state index contributed by atoms with van der Waals surface area (Å²) in [6.45, 7) is 0. The Balaban J connectivity index is 1.07. The van der Waals surface area contributed by atoms with Crippen LogP contribution >= 0.6 is 0 Å². The van der Waals surface area contributed by atoms with Crippen molar-refractivity contribution in [3.05, 3.63) is 161 Å². The molecule has 5 aromatic carbocycles. The van der Waals surface area contributed by atoms with Gasteiger partial charge in [-0.1, -0.05) is 109 Å². The maximum atomic E-state index is 6.28. The van der Waals surface area contributed by atoms with Crippen LogP contribution in [0.1, 0.15) is 42.1 Å². The SMILES string of the molecule is C1=C(c2ccccc2)C=C(c2ccc(-c3nc(-c4ccc5oc6ccccc6c5c4)nc([C@H]4C=c5oc6ccccc6c5=CC4)n3)cc2)CC1. The fourth-order valence-electron chi connectivity index (χ4n) is 7.37. The normalized spacial score (nSPS) is 15.7. The number of hydrogen-bond acceptors (Lipinski definition) is 5. The highest BCUT2D eigenvalue weighted by atomic mass is 16.3. The minimum atomic E-state index is -0.0584. The Labute approximate surface area is 288 Å². The van der Waals surface area contributed by atoms with Gasteiger partial charge in [-0.05, 0) is 77.9 Å². The minimum Gasteiger partial charge on any atom is -0.456 e. The molecule has 8 aromatic rings. The number of allylic oxidation sites excluding steroid dienone is 4. The smallest absolute Gasteiger partial charge is 0.163 e. The molecule has 2 aliphatic carbocycles. The second-order valence-electron chi connectivity index (χ2n) is 13.1. The molecule has 0 unspecified atom stereocenters. The molecule has 0 amide bonds. The Morgan fingerprint density at radius 1 is 0.540 bits per heavy atom. The lowest BCUT2D eigenvalue weighted by molar-refractivity contribution is 0.568. The Morgan fingerprint density at radius 3 is 2.06 bits per heavy atom. The average Bonchev–Trinajstić information content (AvgIpc) is 3.76. The molecule has 0 N–H and O–H groups in total. The van der Waals surface area contributed by atoms with Gasteiger partial charge in [0.1, 0.15) is 28.0 Å². The van der Waals surface area contributed by atoms with Crippen molar-refractivity contribution in [2.45, 2.75) is 25.2 Å². The van der Waals surface area contributed by atoms with Gasteiger partial charge in [0.05, 0.1) is 0 Å². The first kappa shape index (κ1) is 28.7. The highest BCUT2D eigenvalue weighted by Gasteiger charge is 2.21. The van der Waals surface area contributed by atoms with E-state index in [4.69, 9.17) is 23.8 Å². The summed E-state index contributed by atoms with van der Waals surface area (Å²) in [5.41, 5.74) is 10.4. The predicted molar refractivity (Wildman–Crippen MR) is 201 cm³/mol. The van der Waals surface area contributed by atoms with Crippen LogP contribution in [0.5, 0.6) is 0 Å². The first-order chi connectivity index (χ1) is 24.7. The molecule has 1 atom stereocenters. The fraction of sp³-hybridized carbons (Fsp3) is 0.0889. The van der Waals surface area contributed by atoms with Gasteiger partial charge >= 0.3 is 0 Å². The summed E-state index contributed by atoms with van der Waals surface area (Å²) in [6, 6.07) is 41.8. The van der Waals surface area contributed by atoms with Crippen molar-refractivity contribution in [1.29, 1.82) is 0 Å². The highest BCUT2D eigenvalue weighted by molar-refractivity contribution is 6.06. The number of fused-ring (bicyclic) bond motifs is 6. The first-order valence-electron chi connectivity index (χ1n) is 17.2. The van der Waals surface area contributed by atoms with E-state index >= 15 is 0 Å². The van der Waals surface area contributed by atoms with Crippen LogP contribution in [0.4, 0.5) is 0 Å². The fourth-order valence-corrected chi connectivity index (χ4v) is 7.37. The topological polar surface area (TPSA) is 65.0 Å². The van der Waals surface area contributed by atoms with E-state index in [9.17, 15) is 0 Å². The van der Waals surface area contributed by atoms with E-state index in [-0.39, 0.29) is 5.92 Å². The number of para-hydroxylation sites is 2. The molecule has 0 saturated carbocycles. The molecule has 238 valence electrons. The Hall–Kier alpha value is -6.33. The average molecular weight is 646 g/mol. The van der Waals surface area contributed by atoms with Crippen LogP contribution in [0.2, 0.25) is 0 Å². The molecule has 0 radical (unpaired) electrons. The van der Waals surface area contributed by atoms with E-state index < -0.39 is 0 Å². The van der Waals surface area contributed by atoms with Gasteiger partial charge in [-0.25, -0.2) is 15.0 Å². The molecule has 3 aromatic heterocycles. The van der Waals surface area contributed by atoms with E-state index in [1.54, 1.807) is 0 Å². The molecule has 0 fully saturated rings. The van der Waals surface area contributed by atoms with Gasteiger partial charge < -0.3 is 8.83 Å². The van der Waals surface area contributed by atoms with E-state index in [1.165, 1.54) is 22.3 Å². The molecule has 3 heterocycles. The molecule has 5 nitrogen and oxygen atoms in total. The van der Waals surface area contributed by atoms with Crippen molar-refractivity contribution in [2.75, 3.05) is 0 Å². The summed E-state index contributed by atoms with van der Waals surface area (Å²) in [5, 5.41) is 4.39. The van der Waals surface area contributed by atoms with Gasteiger partial charge in [-0.3, -0.25) is 0 Å². The predicted octanol–water partition coefficient (Wildman–Crippen LogP) is 9.86. The van der Waals surface area contributed by atoms with Crippen molar-refractivity contribution in [3.8, 4) is 22.8 Å². The summed E-state index contributed by atoms with van der Waals surface area (Å²) in [4.78, 5) is 15.3. The highest BCUT2D eigenvalue weighted by Crippen LogP contribution is 2.35. The van der Waals surface area contributed by atoms with Gasteiger partial charge in [0.15, 0.2) is 11.6 Å². The third kappa shape index (κ3) is 4.98. The standard InChI is InChI=1S/C45H31N3O2/c1-2-9-28(10-3-1)31-11-8-12-32(25-31)29-17-19-30(20-18-29)43-46-44(33-22-24-41-38(26-33)36-14-5-7-16-40(36)49-41)48-45(47-43)34-21-23-37-35-13-4-6-15-39(35)50-42(37)27-34/h1-7,9-11,13-20,22-27,34H,8,12,21H2/t34-/m1/s1. The molecule has 5 heteroatoms. The monoisotopic (exact) mass is 645 g/mol. The zero-order chi connectivity index (χ0) is 33.0. The van der Waals surface area contributed by atoms with E-state index in [0.717, 1.165) is 79.8 Å². The minimum absolute atomic E-state index is 0.0584. The first-order valence-corrected chi connectivity index (χ1v) is 17.2. The van der Waals surface area contributed by atoms with Crippen LogP contribution < -0.4 is 10.6 Å². The van der Waals surface area contributed by atoms with Crippen LogP contribution in [0.3, 0.4) is 0 Å². The van der Waals surface area contributed by atoms with Crippen molar-refractivity contribution in [3.63, 3.8) is 0 Å². The molecule has 0 bridgehead atoms. The van der Waals surface area contributed by atoms with Crippen molar-refractivity contribution in [1.82, 2.24) is 15.0 Å². The summed E-state index contributed by atoms with van der Waals surface area (Å²) < 4.78 is 12.4. The van der Waals surface area contributed by atoms with E-state index in [0.29, 0.717) is 11.6 Å². The van der Waals surface area contributed by atoms with Crippen molar-refractivity contribution in [2.24, 2.45) is 0 Å². The number of benzene rings is 5. The molecule has 10 rings (SSSR count). The summed E-state index contributed by atoms with van der Waals surface area (Å²) in [7, 11) is 0. The lowest BCUT2D eigenvalue weighted by atomic mass is 9.90. The van der Waals surface area contributed by atoms with Crippen LogP contribution in [0.15, 0.2) is 142 Å². The van der Waals surface area contributed by atoms with Gasteiger partial charge in [0.25, 0.3) is 0 Å². The lowest BCUT2D eigenvalue weighted by Gasteiger charge is -2.16. The summed E-state index contributed by atoms with van der Waals surface area (Å²) in [5.74, 6) is 1.95. The second-order valence-corrected chi connectivity index (χ2v) is 13.1. The van der Waals surface area contributed by atoms with Crippen molar-refractivity contribution >= 4 is 56.2 Å². The quantitative estimate of drug-likeness (QED) is 0.186. The number of hydrogen-bond donors (Lipinski definition) is 0. The van der Waals surface area contributed by atoms with Crippen LogP contribution in [-0.2, 0) is 0 Å². The Morgan fingerprint density at radius 2 is 1.22 bits per heavy atom. The number of furan rings is 2. The number of aromatic nitrogens is 3.